The third-order valence-corrected chi connectivity index (χ3v) is 15.3. The molecule has 0 N–H and O–H groups in total. The SMILES string of the molecule is CC/C=C\C/C=C\C/C=C\C/C=C\C/C=C\C/C=C\C/C=C\C/C=C\CCCCCCCCCCC(=O)OCC(COC(=O)CCCCCCCCCCCCCCCCCC)OC(=O)CCCCCCC/C=C\CCCCCCCCC. The Bertz CT molecular complexity index is 1660. The Labute approximate surface area is 514 Å². The summed E-state index contributed by atoms with van der Waals surface area (Å²) in [4.78, 5) is 38.4. The van der Waals surface area contributed by atoms with Gasteiger partial charge in [-0.1, -0.05) is 323 Å². The van der Waals surface area contributed by atoms with Crippen LogP contribution in [0.1, 0.15) is 342 Å². The average molecular weight is 1150 g/mol. The van der Waals surface area contributed by atoms with Gasteiger partial charge in [-0.15, -0.1) is 0 Å². The highest BCUT2D eigenvalue weighted by Crippen LogP contribution is 2.17. The number of carbonyl (C=O) groups excluding carboxylic acids is 3. The first-order valence-corrected chi connectivity index (χ1v) is 35.4. The van der Waals surface area contributed by atoms with Crippen LogP contribution >= 0.6 is 0 Å². The highest BCUT2D eigenvalue weighted by atomic mass is 16.6. The van der Waals surface area contributed by atoms with E-state index in [1.54, 1.807) is 0 Å². The van der Waals surface area contributed by atoms with Crippen LogP contribution < -0.4 is 0 Å². The van der Waals surface area contributed by atoms with Gasteiger partial charge in [0.2, 0.25) is 0 Å². The molecule has 0 aromatic carbocycles. The number of unbranched alkanes of at least 4 members (excludes halogenated alkanes) is 35. The van der Waals surface area contributed by atoms with Crippen LogP contribution in [0.3, 0.4) is 0 Å². The van der Waals surface area contributed by atoms with Gasteiger partial charge in [0.25, 0.3) is 0 Å². The van der Waals surface area contributed by atoms with Gasteiger partial charge in [-0.2, -0.15) is 0 Å². The lowest BCUT2D eigenvalue weighted by Gasteiger charge is -2.18. The molecule has 6 nitrogen and oxygen atoms in total. The zero-order valence-corrected chi connectivity index (χ0v) is 54.7. The molecule has 0 spiro atoms. The van der Waals surface area contributed by atoms with Gasteiger partial charge in [0.15, 0.2) is 6.10 Å². The van der Waals surface area contributed by atoms with Gasteiger partial charge in [0.05, 0.1) is 0 Å². The second-order valence-electron chi connectivity index (χ2n) is 23.4. The molecule has 476 valence electrons. The minimum absolute atomic E-state index is 0.0802. The summed E-state index contributed by atoms with van der Waals surface area (Å²) in [6.45, 7) is 6.55. The van der Waals surface area contributed by atoms with Crippen molar-refractivity contribution in [3.63, 3.8) is 0 Å². The Hall–Kier alpha value is -3.93. The first kappa shape index (κ1) is 79.1. The Balaban J connectivity index is 4.30. The van der Waals surface area contributed by atoms with E-state index in [1.807, 2.05) is 0 Å². The lowest BCUT2D eigenvalue weighted by molar-refractivity contribution is -0.167. The molecule has 83 heavy (non-hydrogen) atoms. The Kier molecular flexibility index (Phi) is 67.2. The van der Waals surface area contributed by atoms with Crippen molar-refractivity contribution in [3.8, 4) is 0 Å². The molecule has 0 saturated heterocycles. The Morgan fingerprint density at radius 3 is 0.747 bits per heavy atom. The van der Waals surface area contributed by atoms with E-state index >= 15 is 0 Å². The molecular weight excluding hydrogens is 1020 g/mol. The lowest BCUT2D eigenvalue weighted by Crippen LogP contribution is -2.30. The number of hydrogen-bond acceptors (Lipinski definition) is 6. The number of rotatable bonds is 64. The minimum Gasteiger partial charge on any atom is -0.462 e. The van der Waals surface area contributed by atoms with Crippen LogP contribution in [0.15, 0.2) is 109 Å². The van der Waals surface area contributed by atoms with Gasteiger partial charge in [0, 0.05) is 19.3 Å². The van der Waals surface area contributed by atoms with E-state index in [2.05, 4.69) is 130 Å². The maximum absolute atomic E-state index is 12.9. The van der Waals surface area contributed by atoms with E-state index in [0.717, 1.165) is 128 Å². The van der Waals surface area contributed by atoms with Crippen molar-refractivity contribution in [3.05, 3.63) is 109 Å². The quantitative estimate of drug-likeness (QED) is 0.0261. The summed E-state index contributed by atoms with van der Waals surface area (Å²) < 4.78 is 17.0. The van der Waals surface area contributed by atoms with Crippen molar-refractivity contribution in [1.82, 2.24) is 0 Å². The highest BCUT2D eigenvalue weighted by Gasteiger charge is 2.19. The zero-order valence-electron chi connectivity index (χ0n) is 54.7. The van der Waals surface area contributed by atoms with E-state index in [0.29, 0.717) is 19.3 Å². The molecule has 1 atom stereocenters. The van der Waals surface area contributed by atoms with E-state index < -0.39 is 6.10 Å². The van der Waals surface area contributed by atoms with Crippen molar-refractivity contribution in [2.45, 2.75) is 348 Å². The van der Waals surface area contributed by atoms with Crippen LogP contribution in [0.2, 0.25) is 0 Å². The Morgan fingerprint density at radius 2 is 0.470 bits per heavy atom. The molecule has 0 rings (SSSR count). The fourth-order valence-corrected chi connectivity index (χ4v) is 9.99. The summed E-state index contributed by atoms with van der Waals surface area (Å²) in [5, 5.41) is 0. The fourth-order valence-electron chi connectivity index (χ4n) is 9.99. The van der Waals surface area contributed by atoms with Crippen LogP contribution in [0.5, 0.6) is 0 Å². The molecule has 0 aliphatic heterocycles. The van der Waals surface area contributed by atoms with Gasteiger partial charge in [-0.3, -0.25) is 14.4 Å². The molecule has 0 aliphatic carbocycles. The molecular formula is C77H132O6. The van der Waals surface area contributed by atoms with Crippen molar-refractivity contribution in [1.29, 1.82) is 0 Å². The molecule has 0 heterocycles. The molecule has 0 amide bonds. The normalized spacial score (nSPS) is 12.8. The van der Waals surface area contributed by atoms with Crippen LogP contribution in [-0.2, 0) is 28.6 Å². The van der Waals surface area contributed by atoms with Crippen LogP contribution in [0.4, 0.5) is 0 Å². The van der Waals surface area contributed by atoms with Gasteiger partial charge in [-0.25, -0.2) is 0 Å². The third-order valence-electron chi connectivity index (χ3n) is 15.3. The first-order valence-electron chi connectivity index (χ1n) is 35.4. The highest BCUT2D eigenvalue weighted by molar-refractivity contribution is 5.71. The maximum atomic E-state index is 12.9. The molecule has 0 radical (unpaired) electrons. The first-order chi connectivity index (χ1) is 41.0. The van der Waals surface area contributed by atoms with E-state index in [4.69, 9.17) is 14.2 Å². The monoisotopic (exact) mass is 1150 g/mol. The molecule has 0 saturated carbocycles. The number of ether oxygens (including phenoxy) is 3. The zero-order chi connectivity index (χ0) is 59.9. The molecule has 0 fully saturated rings. The standard InChI is InChI=1S/C77H132O6/c1-4-7-10-13-16-19-22-25-28-31-32-33-34-35-36-37-38-39-40-41-42-43-44-45-46-47-50-52-55-58-61-64-67-70-76(79)82-73-74(83-77(80)71-68-65-62-59-56-53-49-30-27-24-21-18-15-12-9-6-3)72-81-75(78)69-66-63-60-57-54-51-48-29-26-23-20-17-14-11-8-5-2/h7,10,16,19,25,28,30,32-33,35-36,38-39,41-42,44-45,49,74H,4-6,8-9,11-15,17-18,20-24,26-27,29,31,34,37,40,43,46-48,50-73H2,1-3H3/b10-7-,19-16-,28-25-,33-32-,36-35-,39-38-,42-41-,45-44-,49-30-. The predicted octanol–water partition coefficient (Wildman–Crippen LogP) is 24.6. The van der Waals surface area contributed by atoms with Crippen LogP contribution in [0.25, 0.3) is 0 Å². The largest absolute Gasteiger partial charge is 0.462 e. The number of esters is 3. The molecule has 0 bridgehead atoms. The number of allylic oxidation sites excluding steroid dienone is 18. The summed E-state index contributed by atoms with van der Waals surface area (Å²) in [6, 6.07) is 0. The predicted molar refractivity (Wildman–Crippen MR) is 362 cm³/mol. The number of carbonyl (C=O) groups is 3. The topological polar surface area (TPSA) is 78.9 Å². The maximum Gasteiger partial charge on any atom is 0.306 e. The van der Waals surface area contributed by atoms with Crippen molar-refractivity contribution in [2.24, 2.45) is 0 Å². The summed E-state index contributed by atoms with van der Waals surface area (Å²) in [5.41, 5.74) is 0. The van der Waals surface area contributed by atoms with Crippen molar-refractivity contribution < 1.29 is 28.6 Å². The second-order valence-corrected chi connectivity index (χ2v) is 23.4. The lowest BCUT2D eigenvalue weighted by atomic mass is 10.0. The molecule has 0 aromatic rings. The second kappa shape index (κ2) is 70.6. The van der Waals surface area contributed by atoms with E-state index in [9.17, 15) is 14.4 Å². The van der Waals surface area contributed by atoms with Gasteiger partial charge >= 0.3 is 17.9 Å². The number of hydrogen-bond donors (Lipinski definition) is 0. The van der Waals surface area contributed by atoms with Gasteiger partial charge < -0.3 is 14.2 Å². The van der Waals surface area contributed by atoms with E-state index in [-0.39, 0.29) is 31.1 Å². The van der Waals surface area contributed by atoms with E-state index in [1.165, 1.54) is 173 Å². The summed E-state index contributed by atoms with van der Waals surface area (Å²) in [6.07, 6.45) is 96.8. The van der Waals surface area contributed by atoms with Crippen LogP contribution in [-0.4, -0.2) is 37.2 Å². The van der Waals surface area contributed by atoms with Crippen molar-refractivity contribution in [2.75, 3.05) is 13.2 Å². The summed E-state index contributed by atoms with van der Waals surface area (Å²) >= 11 is 0. The van der Waals surface area contributed by atoms with Crippen molar-refractivity contribution >= 4 is 17.9 Å². The molecule has 1 unspecified atom stereocenters. The smallest absolute Gasteiger partial charge is 0.306 e. The summed E-state index contributed by atoms with van der Waals surface area (Å²) in [5.74, 6) is -0.882. The molecule has 0 aliphatic rings. The third kappa shape index (κ3) is 68.7. The van der Waals surface area contributed by atoms with Gasteiger partial charge in [0.1, 0.15) is 13.2 Å². The van der Waals surface area contributed by atoms with Gasteiger partial charge in [-0.05, 0) is 109 Å². The fraction of sp³-hybridized carbons (Fsp3) is 0.727. The Morgan fingerprint density at radius 1 is 0.253 bits per heavy atom. The average Bonchev–Trinajstić information content (AvgIpc) is 3.49. The summed E-state index contributed by atoms with van der Waals surface area (Å²) in [7, 11) is 0. The minimum atomic E-state index is -0.786. The van der Waals surface area contributed by atoms with Crippen LogP contribution in [0, 0.1) is 0 Å². The molecule has 0 aromatic heterocycles. The molecule has 6 heteroatoms.